The summed E-state index contributed by atoms with van der Waals surface area (Å²) in [5, 5.41) is 0. The average molecular weight is 344 g/mol. The monoisotopic (exact) mass is 344 g/mol. The van der Waals surface area contributed by atoms with Crippen LogP contribution in [-0.4, -0.2) is 36.1 Å². The molecule has 2 aliphatic rings. The van der Waals surface area contributed by atoms with E-state index in [1.165, 1.54) is 32.1 Å². The second kappa shape index (κ2) is 8.81. The molecule has 1 amide bonds. The Morgan fingerprint density at radius 1 is 1.04 bits per heavy atom. The highest BCUT2D eigenvalue weighted by molar-refractivity contribution is 5.79. The summed E-state index contributed by atoms with van der Waals surface area (Å²) in [6, 6.07) is 9.67. The summed E-state index contributed by atoms with van der Waals surface area (Å²) in [6.45, 7) is 3.54. The quantitative estimate of drug-likeness (QED) is 0.887. The number of nitrogens with two attached hydrogens (primary N) is 1. The van der Waals surface area contributed by atoms with Crippen LogP contribution in [0.3, 0.4) is 0 Å². The van der Waals surface area contributed by atoms with Gasteiger partial charge in [0.15, 0.2) is 0 Å². The molecule has 0 bridgehead atoms. The van der Waals surface area contributed by atoms with Crippen molar-refractivity contribution in [3.05, 3.63) is 35.9 Å². The van der Waals surface area contributed by atoms with Crippen molar-refractivity contribution in [2.24, 2.45) is 11.7 Å². The van der Waals surface area contributed by atoms with Crippen LogP contribution in [-0.2, 0) is 9.53 Å². The Bertz CT molecular complexity index is 534. The van der Waals surface area contributed by atoms with E-state index in [1.807, 2.05) is 42.2 Å². The fourth-order valence-electron chi connectivity index (χ4n) is 4.09. The Hall–Kier alpha value is -1.39. The lowest BCUT2D eigenvalue weighted by atomic mass is 9.93. The molecule has 25 heavy (non-hydrogen) atoms. The number of rotatable bonds is 5. The number of amides is 1. The smallest absolute Gasteiger partial charge is 0.227 e. The first-order chi connectivity index (χ1) is 12.1. The van der Waals surface area contributed by atoms with Crippen LogP contribution in [0.2, 0.25) is 0 Å². The number of likely N-dealkylation sites (tertiary alicyclic amines) is 1. The molecule has 0 aromatic heterocycles. The topological polar surface area (TPSA) is 55.6 Å². The fourth-order valence-corrected chi connectivity index (χ4v) is 4.09. The van der Waals surface area contributed by atoms with Gasteiger partial charge in [0.05, 0.1) is 18.1 Å². The van der Waals surface area contributed by atoms with Crippen molar-refractivity contribution in [3.8, 4) is 0 Å². The standard InChI is InChI=1S/C21H32N2O2/c1-16(20(22)17-8-4-2-5-9-17)21(24)23-14-12-19(13-15-23)25-18-10-6-3-7-11-18/h2,4-5,8-9,16,18-20H,3,6-7,10-15,22H2,1H3/t16-,20+/m1/s1. The molecular formula is C21H32N2O2. The summed E-state index contributed by atoms with van der Waals surface area (Å²) < 4.78 is 6.27. The summed E-state index contributed by atoms with van der Waals surface area (Å²) >= 11 is 0. The molecule has 3 rings (SSSR count). The first-order valence-electron chi connectivity index (χ1n) is 9.90. The van der Waals surface area contributed by atoms with Gasteiger partial charge in [-0.2, -0.15) is 0 Å². The molecule has 4 nitrogen and oxygen atoms in total. The zero-order valence-corrected chi connectivity index (χ0v) is 15.4. The minimum absolute atomic E-state index is 0.174. The van der Waals surface area contributed by atoms with Gasteiger partial charge in [-0.3, -0.25) is 4.79 Å². The van der Waals surface area contributed by atoms with Gasteiger partial charge in [0.1, 0.15) is 0 Å². The largest absolute Gasteiger partial charge is 0.375 e. The van der Waals surface area contributed by atoms with E-state index in [-0.39, 0.29) is 17.9 Å². The predicted octanol–water partition coefficient (Wildman–Crippen LogP) is 3.66. The van der Waals surface area contributed by atoms with Crippen molar-refractivity contribution in [2.75, 3.05) is 13.1 Å². The Balaban J connectivity index is 1.47. The van der Waals surface area contributed by atoms with Gasteiger partial charge in [0.2, 0.25) is 5.91 Å². The van der Waals surface area contributed by atoms with E-state index in [0.29, 0.717) is 12.2 Å². The van der Waals surface area contributed by atoms with Gasteiger partial charge in [-0.05, 0) is 31.2 Å². The SMILES string of the molecule is C[C@@H](C(=O)N1CCC(OC2CCCCC2)CC1)[C@H](N)c1ccccc1. The van der Waals surface area contributed by atoms with E-state index in [1.54, 1.807) is 0 Å². The molecule has 2 N–H and O–H groups in total. The van der Waals surface area contributed by atoms with Crippen molar-refractivity contribution < 1.29 is 9.53 Å². The van der Waals surface area contributed by atoms with Crippen molar-refractivity contribution in [2.45, 2.75) is 70.1 Å². The van der Waals surface area contributed by atoms with Crippen molar-refractivity contribution in [1.29, 1.82) is 0 Å². The van der Waals surface area contributed by atoms with Crippen molar-refractivity contribution in [1.82, 2.24) is 4.90 Å². The molecule has 0 radical (unpaired) electrons. The van der Waals surface area contributed by atoms with Crippen LogP contribution in [0, 0.1) is 5.92 Å². The number of carbonyl (C=O) groups excluding carboxylic acids is 1. The summed E-state index contributed by atoms with van der Waals surface area (Å²) in [4.78, 5) is 14.8. The van der Waals surface area contributed by atoms with Gasteiger partial charge in [-0.25, -0.2) is 0 Å². The van der Waals surface area contributed by atoms with Crippen LogP contribution in [0.5, 0.6) is 0 Å². The van der Waals surface area contributed by atoms with Crippen LogP contribution < -0.4 is 5.73 Å². The molecule has 2 atom stereocenters. The maximum Gasteiger partial charge on any atom is 0.227 e. The number of benzene rings is 1. The lowest BCUT2D eigenvalue weighted by molar-refractivity contribution is -0.139. The summed E-state index contributed by atoms with van der Waals surface area (Å²) in [7, 11) is 0. The molecule has 1 aliphatic heterocycles. The molecule has 0 unspecified atom stereocenters. The molecule has 4 heteroatoms. The Morgan fingerprint density at radius 2 is 1.64 bits per heavy atom. The normalized spacial score (nSPS) is 22.6. The number of nitrogens with zero attached hydrogens (tertiary/aromatic N) is 1. The van der Waals surface area contributed by atoms with Crippen LogP contribution in [0.1, 0.15) is 63.5 Å². The minimum Gasteiger partial charge on any atom is -0.375 e. The molecule has 1 saturated carbocycles. The average Bonchev–Trinajstić information content (AvgIpc) is 2.68. The second-order valence-electron chi connectivity index (χ2n) is 7.65. The highest BCUT2D eigenvalue weighted by Gasteiger charge is 2.30. The highest BCUT2D eigenvalue weighted by Crippen LogP contribution is 2.26. The lowest BCUT2D eigenvalue weighted by Gasteiger charge is -2.36. The zero-order valence-electron chi connectivity index (χ0n) is 15.4. The molecule has 1 saturated heterocycles. The Kier molecular flexibility index (Phi) is 6.49. The van der Waals surface area contributed by atoms with Gasteiger partial charge in [0, 0.05) is 19.1 Å². The maximum absolute atomic E-state index is 12.8. The van der Waals surface area contributed by atoms with Crippen LogP contribution in [0.25, 0.3) is 0 Å². The zero-order chi connectivity index (χ0) is 17.6. The Morgan fingerprint density at radius 3 is 2.28 bits per heavy atom. The number of piperidine rings is 1. The number of ether oxygens (including phenoxy) is 1. The van der Waals surface area contributed by atoms with Gasteiger partial charge in [0.25, 0.3) is 0 Å². The van der Waals surface area contributed by atoms with E-state index >= 15 is 0 Å². The molecule has 0 spiro atoms. The van der Waals surface area contributed by atoms with E-state index in [2.05, 4.69) is 0 Å². The molecular weight excluding hydrogens is 312 g/mol. The third-order valence-corrected chi connectivity index (χ3v) is 5.80. The first kappa shape index (κ1) is 18.4. The summed E-state index contributed by atoms with van der Waals surface area (Å²) in [5.41, 5.74) is 7.35. The first-order valence-corrected chi connectivity index (χ1v) is 9.90. The Labute approximate surface area is 151 Å². The van der Waals surface area contributed by atoms with Crippen molar-refractivity contribution in [3.63, 3.8) is 0 Å². The van der Waals surface area contributed by atoms with Crippen LogP contribution in [0.15, 0.2) is 30.3 Å². The number of carbonyl (C=O) groups is 1. The third kappa shape index (κ3) is 4.83. The molecule has 2 fully saturated rings. The maximum atomic E-state index is 12.8. The van der Waals surface area contributed by atoms with Crippen LogP contribution >= 0.6 is 0 Å². The fraction of sp³-hybridized carbons (Fsp3) is 0.667. The lowest BCUT2D eigenvalue weighted by Crippen LogP contribution is -2.45. The number of hydrogen-bond acceptors (Lipinski definition) is 3. The molecule has 138 valence electrons. The van der Waals surface area contributed by atoms with E-state index < -0.39 is 0 Å². The third-order valence-electron chi connectivity index (χ3n) is 5.80. The molecule has 1 aliphatic carbocycles. The molecule has 1 heterocycles. The van der Waals surface area contributed by atoms with Gasteiger partial charge in [-0.15, -0.1) is 0 Å². The summed E-state index contributed by atoms with van der Waals surface area (Å²) in [5.74, 6) is -0.0225. The predicted molar refractivity (Wildman–Crippen MR) is 100 cm³/mol. The van der Waals surface area contributed by atoms with Gasteiger partial charge < -0.3 is 15.4 Å². The highest BCUT2D eigenvalue weighted by atomic mass is 16.5. The van der Waals surface area contributed by atoms with E-state index in [0.717, 1.165) is 31.5 Å². The van der Waals surface area contributed by atoms with Crippen LogP contribution in [0.4, 0.5) is 0 Å². The minimum atomic E-state index is -0.245. The molecule has 1 aromatic rings. The second-order valence-corrected chi connectivity index (χ2v) is 7.65. The summed E-state index contributed by atoms with van der Waals surface area (Å²) in [6.07, 6.45) is 9.06. The van der Waals surface area contributed by atoms with Crippen molar-refractivity contribution >= 4 is 5.91 Å². The molecule has 1 aromatic carbocycles. The van der Waals surface area contributed by atoms with E-state index in [9.17, 15) is 4.79 Å². The van der Waals surface area contributed by atoms with E-state index in [4.69, 9.17) is 10.5 Å². The van der Waals surface area contributed by atoms with Gasteiger partial charge >= 0.3 is 0 Å². The number of hydrogen-bond donors (Lipinski definition) is 1. The van der Waals surface area contributed by atoms with Gasteiger partial charge in [-0.1, -0.05) is 56.5 Å².